The van der Waals surface area contributed by atoms with Gasteiger partial charge in [0.15, 0.2) is 11.6 Å². The lowest BCUT2D eigenvalue weighted by molar-refractivity contribution is 0.298. The highest BCUT2D eigenvalue weighted by molar-refractivity contribution is 7.99. The average Bonchev–Trinajstić information content (AvgIpc) is 3.40. The highest BCUT2D eigenvalue weighted by Gasteiger charge is 2.31. The molecule has 1 aliphatic heterocycles. The zero-order chi connectivity index (χ0) is 27.4. The standard InChI is InChI=1S/C25H28N8O3S3.ClH/c1-17-20(7-6-12-26-17)36-21-15-19(37-22-8-4-5-11-27-22)16-28-24(21)30-25-29-23(31-38-25)18-9-13-33(14-10-18)39(34,35)32(2)3;/h4-8,11-12,15-16,18H,9-10,13-14H2,1-3H3,(H,28,29,30,31);1H. The van der Waals surface area contributed by atoms with Crippen molar-refractivity contribution < 1.29 is 13.2 Å². The summed E-state index contributed by atoms with van der Waals surface area (Å²) in [6.45, 7) is 2.76. The Hall–Kier alpha value is -2.88. The molecule has 1 saturated heterocycles. The molecule has 0 amide bonds. The molecule has 4 aromatic heterocycles. The molecule has 11 nitrogen and oxygen atoms in total. The van der Waals surface area contributed by atoms with E-state index in [0.717, 1.165) is 15.6 Å². The summed E-state index contributed by atoms with van der Waals surface area (Å²) in [4.78, 5) is 18.9. The predicted molar refractivity (Wildman–Crippen MR) is 158 cm³/mol. The first kappa shape index (κ1) is 30.1. The summed E-state index contributed by atoms with van der Waals surface area (Å²) < 4.78 is 38.4. The van der Waals surface area contributed by atoms with Crippen LogP contribution < -0.4 is 10.1 Å². The van der Waals surface area contributed by atoms with Gasteiger partial charge in [-0.25, -0.2) is 15.0 Å². The number of halogens is 1. The van der Waals surface area contributed by atoms with E-state index < -0.39 is 10.2 Å². The number of hydrogen-bond donors (Lipinski definition) is 1. The molecule has 4 aromatic rings. The Morgan fingerprint density at radius 1 is 1.07 bits per heavy atom. The normalized spacial score (nSPS) is 14.6. The van der Waals surface area contributed by atoms with E-state index in [1.54, 1.807) is 32.7 Å². The van der Waals surface area contributed by atoms with Gasteiger partial charge in [-0.1, -0.05) is 17.8 Å². The third kappa shape index (κ3) is 7.06. The first-order valence-electron chi connectivity index (χ1n) is 12.3. The van der Waals surface area contributed by atoms with Crippen molar-refractivity contribution in [1.29, 1.82) is 0 Å². The van der Waals surface area contributed by atoms with Crippen LogP contribution in [-0.2, 0) is 10.2 Å². The van der Waals surface area contributed by atoms with Gasteiger partial charge in [-0.3, -0.25) is 4.98 Å². The van der Waals surface area contributed by atoms with Crippen molar-refractivity contribution in [3.8, 4) is 11.5 Å². The second-order valence-corrected chi connectivity index (χ2v) is 13.0. The maximum atomic E-state index is 12.4. The fourth-order valence-corrected chi connectivity index (χ4v) is 6.56. The molecule has 40 heavy (non-hydrogen) atoms. The SMILES string of the molecule is Cc1ncccc1Oc1cc(Sc2ccccn2)cnc1Nc1nc(C2CCN(S(=O)(=O)N(C)C)CC2)ns1.Cl. The molecular weight excluding hydrogens is 592 g/mol. The summed E-state index contributed by atoms with van der Waals surface area (Å²) >= 11 is 2.72. The number of aryl methyl sites for hydroxylation is 1. The molecule has 0 unspecified atom stereocenters. The number of ether oxygens (including phenoxy) is 1. The first-order chi connectivity index (χ1) is 18.8. The number of rotatable bonds is 9. The molecule has 0 bridgehead atoms. The van der Waals surface area contributed by atoms with Crippen LogP contribution in [0.1, 0.15) is 30.3 Å². The maximum absolute atomic E-state index is 12.4. The Kier molecular flexibility index (Phi) is 9.92. The van der Waals surface area contributed by atoms with Crippen LogP contribution in [0.25, 0.3) is 0 Å². The molecule has 0 aliphatic carbocycles. The van der Waals surface area contributed by atoms with Crippen LogP contribution in [0.5, 0.6) is 11.5 Å². The van der Waals surface area contributed by atoms with Gasteiger partial charge in [0.2, 0.25) is 5.13 Å². The Morgan fingerprint density at radius 2 is 1.85 bits per heavy atom. The second kappa shape index (κ2) is 13.2. The average molecular weight is 621 g/mol. The smallest absolute Gasteiger partial charge is 0.281 e. The topological polar surface area (TPSA) is 126 Å². The summed E-state index contributed by atoms with van der Waals surface area (Å²) in [7, 11) is -0.318. The van der Waals surface area contributed by atoms with Gasteiger partial charge in [0, 0.05) is 74.2 Å². The minimum absolute atomic E-state index is 0. The van der Waals surface area contributed by atoms with Crippen molar-refractivity contribution in [3.63, 3.8) is 0 Å². The third-order valence-corrected chi connectivity index (χ3v) is 9.63. The Balaban J connectivity index is 0.00000370. The molecule has 212 valence electrons. The van der Waals surface area contributed by atoms with Crippen molar-refractivity contribution >= 4 is 56.9 Å². The highest BCUT2D eigenvalue weighted by Crippen LogP contribution is 2.37. The summed E-state index contributed by atoms with van der Waals surface area (Å²) in [5.41, 5.74) is 0.757. The molecule has 0 spiro atoms. The lowest BCUT2D eigenvalue weighted by atomic mass is 9.98. The molecule has 0 aromatic carbocycles. The van der Waals surface area contributed by atoms with E-state index in [9.17, 15) is 8.42 Å². The number of nitrogens with one attached hydrogen (secondary N) is 1. The molecule has 15 heteroatoms. The van der Waals surface area contributed by atoms with Gasteiger partial charge in [-0.2, -0.15) is 21.4 Å². The van der Waals surface area contributed by atoms with Crippen LogP contribution in [0, 0.1) is 6.92 Å². The molecule has 1 fully saturated rings. The Bertz CT molecular complexity index is 1530. The van der Waals surface area contributed by atoms with Gasteiger partial charge >= 0.3 is 0 Å². The number of piperidine rings is 1. The molecule has 0 saturated carbocycles. The minimum atomic E-state index is -3.41. The van der Waals surface area contributed by atoms with Crippen LogP contribution in [0.3, 0.4) is 0 Å². The van der Waals surface area contributed by atoms with Gasteiger partial charge in [0.25, 0.3) is 10.2 Å². The first-order valence-corrected chi connectivity index (χ1v) is 15.2. The fraction of sp³-hybridized carbons (Fsp3) is 0.320. The number of hydrogen-bond acceptors (Lipinski definition) is 11. The quantitative estimate of drug-likeness (QED) is 0.269. The maximum Gasteiger partial charge on any atom is 0.281 e. The van der Waals surface area contributed by atoms with Gasteiger partial charge < -0.3 is 10.1 Å². The van der Waals surface area contributed by atoms with E-state index in [0.29, 0.717) is 54.2 Å². The summed E-state index contributed by atoms with van der Waals surface area (Å²) in [5.74, 6) is 2.44. The van der Waals surface area contributed by atoms with Crippen LogP contribution in [-0.4, -0.2) is 68.5 Å². The fourth-order valence-electron chi connectivity index (χ4n) is 4.01. The molecular formula is C25H29ClN8O3S3. The molecule has 1 aliphatic rings. The molecule has 0 atom stereocenters. The molecule has 0 radical (unpaired) electrons. The van der Waals surface area contributed by atoms with Crippen molar-refractivity contribution in [1.82, 2.24) is 32.9 Å². The number of anilines is 2. The summed E-state index contributed by atoms with van der Waals surface area (Å²) in [6.07, 6.45) is 6.55. The summed E-state index contributed by atoms with van der Waals surface area (Å²) in [6, 6.07) is 11.3. The molecule has 5 heterocycles. The van der Waals surface area contributed by atoms with Gasteiger partial charge in [-0.05, 0) is 44.0 Å². The van der Waals surface area contributed by atoms with Crippen LogP contribution in [0.4, 0.5) is 10.9 Å². The molecule has 5 rings (SSSR count). The van der Waals surface area contributed by atoms with E-state index in [1.165, 1.54) is 31.9 Å². The van der Waals surface area contributed by atoms with Crippen molar-refractivity contribution in [3.05, 3.63) is 66.5 Å². The van der Waals surface area contributed by atoms with Crippen LogP contribution >= 0.6 is 35.7 Å². The van der Waals surface area contributed by atoms with Crippen molar-refractivity contribution in [2.24, 2.45) is 0 Å². The van der Waals surface area contributed by atoms with Gasteiger partial charge in [-0.15, -0.1) is 12.4 Å². The third-order valence-electron chi connectivity index (χ3n) is 6.14. The lowest BCUT2D eigenvalue weighted by Gasteiger charge is -2.31. The number of nitrogens with zero attached hydrogens (tertiary/aromatic N) is 7. The van der Waals surface area contributed by atoms with Crippen LogP contribution in [0.2, 0.25) is 0 Å². The highest BCUT2D eigenvalue weighted by atomic mass is 35.5. The van der Waals surface area contributed by atoms with Crippen LogP contribution in [0.15, 0.2) is 64.9 Å². The molecule has 1 N–H and O–H groups in total. The zero-order valence-electron chi connectivity index (χ0n) is 22.1. The van der Waals surface area contributed by atoms with Gasteiger partial charge in [0.1, 0.15) is 16.6 Å². The largest absolute Gasteiger partial charge is 0.452 e. The minimum Gasteiger partial charge on any atom is -0.452 e. The zero-order valence-corrected chi connectivity index (χ0v) is 25.4. The van der Waals surface area contributed by atoms with Crippen molar-refractivity contribution in [2.75, 3.05) is 32.5 Å². The number of pyridine rings is 3. The van der Waals surface area contributed by atoms with E-state index in [1.807, 2.05) is 43.3 Å². The van der Waals surface area contributed by atoms with E-state index in [2.05, 4.69) is 24.6 Å². The van der Waals surface area contributed by atoms with Crippen molar-refractivity contribution in [2.45, 2.75) is 35.6 Å². The lowest BCUT2D eigenvalue weighted by Crippen LogP contribution is -2.44. The number of aromatic nitrogens is 5. The van der Waals surface area contributed by atoms with E-state index in [-0.39, 0.29) is 18.3 Å². The van der Waals surface area contributed by atoms with E-state index in [4.69, 9.17) is 9.72 Å². The monoisotopic (exact) mass is 620 g/mol. The Morgan fingerprint density at radius 3 is 2.55 bits per heavy atom. The predicted octanol–water partition coefficient (Wildman–Crippen LogP) is 5.13. The second-order valence-electron chi connectivity index (χ2n) is 9.02. The van der Waals surface area contributed by atoms with E-state index >= 15 is 0 Å². The van der Waals surface area contributed by atoms with Gasteiger partial charge in [0.05, 0.1) is 5.69 Å². The summed E-state index contributed by atoms with van der Waals surface area (Å²) in [5, 5.41) is 4.69. The Labute approximate surface area is 248 Å².